The Balaban J connectivity index is 2.24. The largest absolute Gasteiger partial charge is 0.399 e. The first-order valence-electron chi connectivity index (χ1n) is 4.90. The van der Waals surface area contributed by atoms with E-state index in [1.807, 2.05) is 25.1 Å². The van der Waals surface area contributed by atoms with Crippen LogP contribution >= 0.6 is 15.9 Å². The molecule has 0 spiro atoms. The summed E-state index contributed by atoms with van der Waals surface area (Å²) >= 11 is 3.49. The number of nitrogens with one attached hydrogen (secondary N) is 1. The number of pyridine rings is 1. The molecule has 82 valence electrons. The number of aryl methyl sites for hydroxylation is 1. The molecule has 0 radical (unpaired) electrons. The van der Waals surface area contributed by atoms with E-state index in [0.717, 1.165) is 16.0 Å². The minimum Gasteiger partial charge on any atom is -0.399 e. The lowest BCUT2D eigenvalue weighted by Gasteiger charge is -2.07. The molecule has 0 saturated heterocycles. The van der Waals surface area contributed by atoms with E-state index in [1.54, 1.807) is 18.3 Å². The van der Waals surface area contributed by atoms with E-state index in [0.29, 0.717) is 5.69 Å². The first kappa shape index (κ1) is 11.0. The highest BCUT2D eigenvalue weighted by molar-refractivity contribution is 9.10. The highest BCUT2D eigenvalue weighted by Crippen LogP contribution is 2.23. The van der Waals surface area contributed by atoms with Crippen LogP contribution in [0.1, 0.15) is 5.56 Å². The number of nitrogens with zero attached hydrogens (tertiary/aromatic N) is 1. The first-order valence-corrected chi connectivity index (χ1v) is 5.69. The second kappa shape index (κ2) is 4.53. The van der Waals surface area contributed by atoms with Gasteiger partial charge >= 0.3 is 0 Å². The number of benzene rings is 1. The van der Waals surface area contributed by atoms with Gasteiger partial charge in [-0.1, -0.05) is 22.0 Å². The number of nitrogen functional groups attached to an aromatic ring is 1. The van der Waals surface area contributed by atoms with Gasteiger partial charge in [0.1, 0.15) is 5.82 Å². The standard InChI is InChI=1S/C12H12BrN3/c1-8-2-3-10(7-11(8)13)16-12-6-9(14)4-5-15-12/h2-7H,1H3,(H3,14,15,16). The smallest absolute Gasteiger partial charge is 0.132 e. The van der Waals surface area contributed by atoms with Crippen molar-refractivity contribution < 1.29 is 0 Å². The fraction of sp³-hybridized carbons (Fsp3) is 0.0833. The molecule has 3 nitrogen and oxygen atoms in total. The monoisotopic (exact) mass is 277 g/mol. The van der Waals surface area contributed by atoms with E-state index >= 15 is 0 Å². The topological polar surface area (TPSA) is 50.9 Å². The molecule has 1 heterocycles. The Morgan fingerprint density at radius 3 is 2.75 bits per heavy atom. The van der Waals surface area contributed by atoms with E-state index in [1.165, 1.54) is 5.56 Å². The number of anilines is 3. The normalized spacial score (nSPS) is 10.1. The maximum absolute atomic E-state index is 5.68. The summed E-state index contributed by atoms with van der Waals surface area (Å²) in [5, 5.41) is 3.19. The molecule has 0 bridgehead atoms. The zero-order valence-electron chi connectivity index (χ0n) is 8.87. The Hall–Kier alpha value is -1.55. The summed E-state index contributed by atoms with van der Waals surface area (Å²) in [4.78, 5) is 4.18. The van der Waals surface area contributed by atoms with Gasteiger partial charge in [0.2, 0.25) is 0 Å². The molecule has 0 aliphatic carbocycles. The summed E-state index contributed by atoms with van der Waals surface area (Å²) in [6.07, 6.45) is 1.68. The predicted octanol–water partition coefficient (Wildman–Crippen LogP) is 3.48. The maximum atomic E-state index is 5.68. The lowest BCUT2D eigenvalue weighted by molar-refractivity contribution is 1.30. The number of rotatable bonds is 2. The van der Waals surface area contributed by atoms with Crippen molar-refractivity contribution in [1.82, 2.24) is 4.98 Å². The molecule has 0 amide bonds. The molecule has 16 heavy (non-hydrogen) atoms. The fourth-order valence-corrected chi connectivity index (χ4v) is 1.71. The van der Waals surface area contributed by atoms with Crippen molar-refractivity contribution in [3.05, 3.63) is 46.6 Å². The molecule has 4 heteroatoms. The van der Waals surface area contributed by atoms with Crippen molar-refractivity contribution in [1.29, 1.82) is 0 Å². The van der Waals surface area contributed by atoms with Gasteiger partial charge in [0.15, 0.2) is 0 Å². The van der Waals surface area contributed by atoms with Crippen LogP contribution in [0.5, 0.6) is 0 Å². The summed E-state index contributed by atoms with van der Waals surface area (Å²) < 4.78 is 1.07. The van der Waals surface area contributed by atoms with Gasteiger partial charge in [-0.3, -0.25) is 0 Å². The lowest BCUT2D eigenvalue weighted by Crippen LogP contribution is -1.95. The highest BCUT2D eigenvalue weighted by Gasteiger charge is 1.99. The summed E-state index contributed by atoms with van der Waals surface area (Å²) in [5.41, 5.74) is 8.56. The van der Waals surface area contributed by atoms with Crippen LogP contribution < -0.4 is 11.1 Å². The summed E-state index contributed by atoms with van der Waals surface area (Å²) in [7, 11) is 0. The van der Waals surface area contributed by atoms with E-state index in [9.17, 15) is 0 Å². The van der Waals surface area contributed by atoms with Crippen LogP contribution in [0, 0.1) is 6.92 Å². The number of hydrogen-bond donors (Lipinski definition) is 2. The maximum Gasteiger partial charge on any atom is 0.132 e. The average Bonchev–Trinajstić information content (AvgIpc) is 2.24. The first-order chi connectivity index (χ1) is 7.65. The van der Waals surface area contributed by atoms with Crippen LogP contribution in [0.2, 0.25) is 0 Å². The fourth-order valence-electron chi connectivity index (χ4n) is 1.33. The van der Waals surface area contributed by atoms with Crippen molar-refractivity contribution in [3.63, 3.8) is 0 Å². The Kier molecular flexibility index (Phi) is 3.10. The number of halogens is 1. The van der Waals surface area contributed by atoms with Gasteiger partial charge in [-0.2, -0.15) is 0 Å². The SMILES string of the molecule is Cc1ccc(Nc2cc(N)ccn2)cc1Br. The molecule has 2 aromatic rings. The minimum atomic E-state index is 0.698. The van der Waals surface area contributed by atoms with Crippen LogP contribution in [0.15, 0.2) is 41.0 Å². The highest BCUT2D eigenvalue weighted by atomic mass is 79.9. The summed E-state index contributed by atoms with van der Waals surface area (Å²) in [6, 6.07) is 9.62. The Labute approximate surface area is 103 Å². The molecule has 1 aromatic carbocycles. The third kappa shape index (κ3) is 2.52. The molecule has 0 unspecified atom stereocenters. The lowest BCUT2D eigenvalue weighted by atomic mass is 10.2. The second-order valence-corrected chi connectivity index (χ2v) is 4.42. The molecule has 1 aromatic heterocycles. The molecule has 3 N–H and O–H groups in total. The van der Waals surface area contributed by atoms with Gasteiger partial charge in [0.25, 0.3) is 0 Å². The molecule has 0 saturated carbocycles. The molecule has 0 aliphatic heterocycles. The van der Waals surface area contributed by atoms with Gasteiger partial charge in [-0.15, -0.1) is 0 Å². The third-order valence-corrected chi connectivity index (χ3v) is 3.08. The van der Waals surface area contributed by atoms with Crippen LogP contribution in [0.3, 0.4) is 0 Å². The Morgan fingerprint density at radius 2 is 2.06 bits per heavy atom. The predicted molar refractivity (Wildman–Crippen MR) is 70.8 cm³/mol. The molecule has 0 fully saturated rings. The van der Waals surface area contributed by atoms with Gasteiger partial charge in [0, 0.05) is 28.1 Å². The van der Waals surface area contributed by atoms with Crippen molar-refractivity contribution >= 4 is 33.1 Å². The third-order valence-electron chi connectivity index (χ3n) is 2.23. The number of nitrogens with two attached hydrogens (primary N) is 1. The van der Waals surface area contributed by atoms with Gasteiger partial charge in [0.05, 0.1) is 0 Å². The van der Waals surface area contributed by atoms with E-state index < -0.39 is 0 Å². The minimum absolute atomic E-state index is 0.698. The van der Waals surface area contributed by atoms with Crippen LogP contribution in [0.4, 0.5) is 17.2 Å². The molecular weight excluding hydrogens is 266 g/mol. The van der Waals surface area contributed by atoms with Gasteiger partial charge in [-0.25, -0.2) is 4.98 Å². The Morgan fingerprint density at radius 1 is 1.25 bits per heavy atom. The van der Waals surface area contributed by atoms with Crippen molar-refractivity contribution in [2.24, 2.45) is 0 Å². The zero-order valence-corrected chi connectivity index (χ0v) is 10.5. The second-order valence-electron chi connectivity index (χ2n) is 3.56. The molecule has 0 aliphatic rings. The number of aromatic nitrogens is 1. The quantitative estimate of drug-likeness (QED) is 0.884. The Bertz CT molecular complexity index is 511. The van der Waals surface area contributed by atoms with E-state index in [2.05, 4.69) is 26.2 Å². The van der Waals surface area contributed by atoms with E-state index in [4.69, 9.17) is 5.73 Å². The molecule has 2 rings (SSSR count). The summed E-state index contributed by atoms with van der Waals surface area (Å²) in [6.45, 7) is 2.05. The molecular formula is C12H12BrN3. The van der Waals surface area contributed by atoms with E-state index in [-0.39, 0.29) is 0 Å². The van der Waals surface area contributed by atoms with Crippen LogP contribution in [0.25, 0.3) is 0 Å². The van der Waals surface area contributed by atoms with Crippen molar-refractivity contribution in [2.45, 2.75) is 6.92 Å². The van der Waals surface area contributed by atoms with Crippen molar-refractivity contribution in [3.8, 4) is 0 Å². The van der Waals surface area contributed by atoms with Crippen LogP contribution in [-0.4, -0.2) is 4.98 Å². The van der Waals surface area contributed by atoms with Crippen LogP contribution in [-0.2, 0) is 0 Å². The van der Waals surface area contributed by atoms with Gasteiger partial charge in [-0.05, 0) is 30.7 Å². The molecule has 0 atom stereocenters. The van der Waals surface area contributed by atoms with Gasteiger partial charge < -0.3 is 11.1 Å². The average molecular weight is 278 g/mol. The van der Waals surface area contributed by atoms with Crippen molar-refractivity contribution in [2.75, 3.05) is 11.1 Å². The number of hydrogen-bond acceptors (Lipinski definition) is 3. The summed E-state index contributed by atoms with van der Waals surface area (Å²) in [5.74, 6) is 0.746. The zero-order chi connectivity index (χ0) is 11.5.